The Kier molecular flexibility index (Phi) is 6.22. The van der Waals surface area contributed by atoms with E-state index in [2.05, 4.69) is 46.0 Å². The number of amides is 3. The summed E-state index contributed by atoms with van der Waals surface area (Å²) in [5, 5.41) is 14.6. The minimum absolute atomic E-state index is 0.197. The average Bonchev–Trinajstić information content (AvgIpc) is 3.14. The fourth-order valence-electron chi connectivity index (χ4n) is 3.50. The van der Waals surface area contributed by atoms with E-state index >= 15 is 0 Å². The minimum Gasteiger partial charge on any atom is -0.497 e. The van der Waals surface area contributed by atoms with Gasteiger partial charge >= 0.3 is 6.03 Å². The summed E-state index contributed by atoms with van der Waals surface area (Å²) in [6, 6.07) is 15.2. The van der Waals surface area contributed by atoms with Crippen molar-refractivity contribution in [2.75, 3.05) is 7.11 Å². The molecule has 1 atom stereocenters. The second-order valence-corrected chi connectivity index (χ2v) is 8.28. The van der Waals surface area contributed by atoms with E-state index in [1.165, 1.54) is 11.1 Å². The highest BCUT2D eigenvalue weighted by Gasteiger charge is 2.26. The Morgan fingerprint density at radius 3 is 2.77 bits per heavy atom. The van der Waals surface area contributed by atoms with Crippen molar-refractivity contribution >= 4 is 23.7 Å². The summed E-state index contributed by atoms with van der Waals surface area (Å²) in [5.74, 6) is 1.83. The van der Waals surface area contributed by atoms with E-state index in [9.17, 15) is 9.59 Å². The number of nitrogens with zero attached hydrogens (tertiary/aromatic N) is 3. The summed E-state index contributed by atoms with van der Waals surface area (Å²) in [6.07, 6.45) is 0.580. The number of nitrogens with one attached hydrogen (secondary N) is 2. The van der Waals surface area contributed by atoms with Crippen molar-refractivity contribution in [1.29, 1.82) is 0 Å². The van der Waals surface area contributed by atoms with Crippen molar-refractivity contribution in [3.05, 3.63) is 65.5 Å². The molecule has 0 saturated carbocycles. The maximum absolute atomic E-state index is 11.8. The summed E-state index contributed by atoms with van der Waals surface area (Å²) >= 11 is 1.58. The molecule has 3 aromatic rings. The average molecular weight is 438 g/mol. The summed E-state index contributed by atoms with van der Waals surface area (Å²) < 4.78 is 7.34. The Morgan fingerprint density at radius 1 is 1.16 bits per heavy atom. The van der Waals surface area contributed by atoms with Crippen LogP contribution in [0.3, 0.4) is 0 Å². The third-order valence-corrected chi connectivity index (χ3v) is 5.91. The second-order valence-electron chi connectivity index (χ2n) is 7.34. The SMILES string of the molecule is COc1cccc(-n2c(CC3CC(=O)NC(=O)N3)nnc2SCc2cccc(C)c2)c1. The topological polar surface area (TPSA) is 98.1 Å². The first-order valence-corrected chi connectivity index (χ1v) is 10.9. The van der Waals surface area contributed by atoms with Crippen molar-refractivity contribution in [3.63, 3.8) is 0 Å². The van der Waals surface area contributed by atoms with Gasteiger partial charge in [0.15, 0.2) is 5.16 Å². The van der Waals surface area contributed by atoms with E-state index < -0.39 is 6.03 Å². The second kappa shape index (κ2) is 9.22. The van der Waals surface area contributed by atoms with Crippen molar-refractivity contribution < 1.29 is 14.3 Å². The number of rotatable bonds is 7. The number of aromatic nitrogens is 3. The molecule has 160 valence electrons. The molecule has 2 N–H and O–H groups in total. The van der Waals surface area contributed by atoms with Gasteiger partial charge in [0.25, 0.3) is 0 Å². The number of carbonyl (C=O) groups excluding carboxylic acids is 2. The number of benzene rings is 2. The zero-order valence-electron chi connectivity index (χ0n) is 17.3. The van der Waals surface area contributed by atoms with Crippen LogP contribution in [0.5, 0.6) is 5.75 Å². The summed E-state index contributed by atoms with van der Waals surface area (Å²) in [4.78, 5) is 23.5. The fourth-order valence-corrected chi connectivity index (χ4v) is 4.42. The number of carbonyl (C=O) groups is 2. The molecule has 9 heteroatoms. The molecule has 1 aliphatic rings. The van der Waals surface area contributed by atoms with Crippen LogP contribution in [0.4, 0.5) is 4.79 Å². The Bertz CT molecular complexity index is 1100. The molecule has 8 nitrogen and oxygen atoms in total. The van der Waals surface area contributed by atoms with Gasteiger partial charge in [-0.3, -0.25) is 14.7 Å². The molecule has 1 fully saturated rings. The molecular formula is C22H23N5O3S. The first kappa shape index (κ1) is 20.9. The van der Waals surface area contributed by atoms with Crippen LogP contribution in [0.15, 0.2) is 53.7 Å². The number of thioether (sulfide) groups is 1. The van der Waals surface area contributed by atoms with Crippen LogP contribution in [-0.2, 0) is 17.0 Å². The van der Waals surface area contributed by atoms with E-state index in [1.54, 1.807) is 18.9 Å². The Morgan fingerprint density at radius 2 is 2.00 bits per heavy atom. The molecule has 3 amide bonds. The van der Waals surface area contributed by atoms with Crippen molar-refractivity contribution in [2.24, 2.45) is 0 Å². The van der Waals surface area contributed by atoms with Crippen LogP contribution < -0.4 is 15.4 Å². The first-order chi connectivity index (χ1) is 15.0. The van der Waals surface area contributed by atoms with Crippen LogP contribution in [0.25, 0.3) is 5.69 Å². The molecule has 4 rings (SSSR count). The highest BCUT2D eigenvalue weighted by molar-refractivity contribution is 7.98. The molecule has 0 aliphatic carbocycles. The first-order valence-electron chi connectivity index (χ1n) is 9.89. The van der Waals surface area contributed by atoms with Gasteiger partial charge in [-0.05, 0) is 24.6 Å². The summed E-state index contributed by atoms with van der Waals surface area (Å²) in [7, 11) is 1.62. The lowest BCUT2D eigenvalue weighted by Crippen LogP contribution is -2.53. The van der Waals surface area contributed by atoms with Gasteiger partial charge in [-0.2, -0.15) is 0 Å². The molecule has 1 saturated heterocycles. The third kappa shape index (κ3) is 5.05. The predicted octanol–water partition coefficient (Wildman–Crippen LogP) is 3.02. The van der Waals surface area contributed by atoms with Gasteiger partial charge in [0.1, 0.15) is 11.6 Å². The van der Waals surface area contributed by atoms with Crippen LogP contribution in [0.1, 0.15) is 23.4 Å². The maximum atomic E-state index is 11.8. The van der Waals surface area contributed by atoms with Crippen molar-refractivity contribution in [2.45, 2.75) is 36.7 Å². The van der Waals surface area contributed by atoms with Gasteiger partial charge in [0.2, 0.25) is 5.91 Å². The molecular weight excluding hydrogens is 414 g/mol. The molecule has 0 bridgehead atoms. The number of urea groups is 1. The van der Waals surface area contributed by atoms with E-state index in [1.807, 2.05) is 34.9 Å². The molecule has 31 heavy (non-hydrogen) atoms. The lowest BCUT2D eigenvalue weighted by molar-refractivity contribution is -0.121. The quantitative estimate of drug-likeness (QED) is 0.552. The van der Waals surface area contributed by atoms with Crippen LogP contribution in [-0.4, -0.2) is 39.9 Å². The largest absolute Gasteiger partial charge is 0.497 e. The zero-order chi connectivity index (χ0) is 21.8. The number of imide groups is 1. The number of hydrogen-bond acceptors (Lipinski definition) is 6. The third-order valence-electron chi connectivity index (χ3n) is 4.91. The molecule has 2 aromatic carbocycles. The normalized spacial score (nSPS) is 16.0. The number of aryl methyl sites for hydroxylation is 1. The van der Waals surface area contributed by atoms with Gasteiger partial charge in [-0.1, -0.05) is 47.7 Å². The molecule has 0 radical (unpaired) electrons. The lowest BCUT2D eigenvalue weighted by Gasteiger charge is -2.23. The lowest BCUT2D eigenvalue weighted by atomic mass is 10.1. The van der Waals surface area contributed by atoms with Gasteiger partial charge in [-0.15, -0.1) is 10.2 Å². The van der Waals surface area contributed by atoms with Gasteiger partial charge < -0.3 is 10.1 Å². The summed E-state index contributed by atoms with van der Waals surface area (Å²) in [5.41, 5.74) is 3.26. The number of methoxy groups -OCH3 is 1. The van der Waals surface area contributed by atoms with E-state index in [-0.39, 0.29) is 18.4 Å². The van der Waals surface area contributed by atoms with Gasteiger partial charge in [0, 0.05) is 30.7 Å². The van der Waals surface area contributed by atoms with Crippen molar-refractivity contribution in [3.8, 4) is 11.4 Å². The molecule has 1 aliphatic heterocycles. The molecule has 2 heterocycles. The minimum atomic E-state index is -0.484. The van der Waals surface area contributed by atoms with E-state index in [4.69, 9.17) is 4.74 Å². The maximum Gasteiger partial charge on any atom is 0.321 e. The monoisotopic (exact) mass is 437 g/mol. The number of hydrogen-bond donors (Lipinski definition) is 2. The Hall–Kier alpha value is -3.33. The van der Waals surface area contributed by atoms with Crippen LogP contribution in [0.2, 0.25) is 0 Å². The fraction of sp³-hybridized carbons (Fsp3) is 0.273. The van der Waals surface area contributed by atoms with Gasteiger partial charge in [-0.25, -0.2) is 4.79 Å². The molecule has 0 spiro atoms. The standard InChI is InChI=1S/C22H23N5O3S/c1-14-5-3-6-15(9-14)13-31-22-26-25-19(10-16-11-20(28)24-21(29)23-16)27(22)17-7-4-8-18(12-17)30-2/h3-9,12,16H,10-11,13H2,1-2H3,(H2,23,24,28,29). The Balaban J connectivity index is 1.64. The predicted molar refractivity (Wildman–Crippen MR) is 117 cm³/mol. The van der Waals surface area contributed by atoms with Crippen molar-refractivity contribution in [1.82, 2.24) is 25.4 Å². The van der Waals surface area contributed by atoms with Gasteiger partial charge in [0.05, 0.1) is 12.8 Å². The van der Waals surface area contributed by atoms with E-state index in [0.29, 0.717) is 12.2 Å². The molecule has 1 aromatic heterocycles. The highest BCUT2D eigenvalue weighted by atomic mass is 32.2. The summed E-state index contributed by atoms with van der Waals surface area (Å²) in [6.45, 7) is 2.07. The Labute approximate surface area is 184 Å². The zero-order valence-corrected chi connectivity index (χ0v) is 18.1. The number of ether oxygens (including phenoxy) is 1. The van der Waals surface area contributed by atoms with Crippen LogP contribution >= 0.6 is 11.8 Å². The highest BCUT2D eigenvalue weighted by Crippen LogP contribution is 2.28. The van der Waals surface area contributed by atoms with Crippen LogP contribution in [0, 0.1) is 6.92 Å². The smallest absolute Gasteiger partial charge is 0.321 e. The molecule has 1 unspecified atom stereocenters. The van der Waals surface area contributed by atoms with E-state index in [0.717, 1.165) is 22.3 Å².